The molecular weight excluding hydrogens is 729 g/mol. The highest BCUT2D eigenvalue weighted by molar-refractivity contribution is 6.18. The lowest BCUT2D eigenvalue weighted by atomic mass is 9.78. The SMILES string of the molecule is CC1(C)c2cc3ccccc3cc2-c2cc3c4ccccc4n(-c4ccc(-c5nc(-c6ccccc6)nc(-c6ccccc6)n5)c5ccccc45)c3c(-c3ccccc3)c21. The molecule has 60 heavy (non-hydrogen) atoms. The second-order valence-corrected chi connectivity index (χ2v) is 16.4. The van der Waals surface area contributed by atoms with Crippen LogP contribution in [0, 0.1) is 0 Å². The first kappa shape index (κ1) is 34.4. The number of hydrogen-bond donors (Lipinski definition) is 0. The minimum atomic E-state index is -0.257. The summed E-state index contributed by atoms with van der Waals surface area (Å²) in [5.74, 6) is 1.93. The summed E-state index contributed by atoms with van der Waals surface area (Å²) in [7, 11) is 0. The van der Waals surface area contributed by atoms with Crippen molar-refractivity contribution in [2.45, 2.75) is 19.3 Å². The van der Waals surface area contributed by atoms with E-state index in [0.29, 0.717) is 17.5 Å². The predicted octanol–water partition coefficient (Wildman–Crippen LogP) is 14.2. The molecule has 0 atom stereocenters. The fourth-order valence-electron chi connectivity index (χ4n) is 9.84. The maximum atomic E-state index is 5.16. The smallest absolute Gasteiger partial charge is 0.164 e. The largest absolute Gasteiger partial charge is 0.308 e. The second kappa shape index (κ2) is 13.2. The van der Waals surface area contributed by atoms with E-state index in [0.717, 1.165) is 33.2 Å². The molecule has 1 aliphatic carbocycles. The van der Waals surface area contributed by atoms with Crippen LogP contribution in [-0.2, 0) is 5.41 Å². The number of benzene rings is 9. The third kappa shape index (κ3) is 5.14. The first-order valence-electron chi connectivity index (χ1n) is 20.6. The Labute approximate surface area is 348 Å². The van der Waals surface area contributed by atoms with Gasteiger partial charge >= 0.3 is 0 Å². The third-order valence-corrected chi connectivity index (χ3v) is 12.6. The molecule has 0 spiro atoms. The fraction of sp³-hybridized carbons (Fsp3) is 0.0536. The number of aromatic nitrogens is 4. The highest BCUT2D eigenvalue weighted by Gasteiger charge is 2.40. The van der Waals surface area contributed by atoms with Crippen molar-refractivity contribution >= 4 is 43.4 Å². The van der Waals surface area contributed by atoms with Crippen LogP contribution in [-0.4, -0.2) is 19.5 Å². The van der Waals surface area contributed by atoms with Crippen molar-refractivity contribution in [1.29, 1.82) is 0 Å². The van der Waals surface area contributed by atoms with Gasteiger partial charge in [0.05, 0.1) is 16.7 Å². The molecule has 0 N–H and O–H groups in total. The molecule has 0 saturated heterocycles. The Morgan fingerprint density at radius 3 is 1.60 bits per heavy atom. The van der Waals surface area contributed by atoms with Crippen LogP contribution < -0.4 is 0 Å². The lowest BCUT2D eigenvalue weighted by Gasteiger charge is -2.26. The molecule has 9 aromatic carbocycles. The van der Waals surface area contributed by atoms with E-state index in [1.165, 1.54) is 66.0 Å². The quantitative estimate of drug-likeness (QED) is 0.175. The van der Waals surface area contributed by atoms with E-state index in [4.69, 9.17) is 15.0 Å². The summed E-state index contributed by atoms with van der Waals surface area (Å²) in [5.41, 5.74) is 13.9. The van der Waals surface area contributed by atoms with Crippen molar-refractivity contribution in [3.05, 3.63) is 205 Å². The van der Waals surface area contributed by atoms with Crippen molar-refractivity contribution in [2.75, 3.05) is 0 Å². The summed E-state index contributed by atoms with van der Waals surface area (Å²) in [5, 5.41) is 7.20. The summed E-state index contributed by atoms with van der Waals surface area (Å²) in [4.78, 5) is 15.3. The van der Waals surface area contributed by atoms with Gasteiger partial charge in [-0.05, 0) is 80.4 Å². The van der Waals surface area contributed by atoms with Gasteiger partial charge in [-0.1, -0.05) is 172 Å². The van der Waals surface area contributed by atoms with Crippen LogP contribution in [0.15, 0.2) is 194 Å². The Kier molecular flexibility index (Phi) is 7.54. The first-order valence-corrected chi connectivity index (χ1v) is 20.6. The molecule has 0 radical (unpaired) electrons. The summed E-state index contributed by atoms with van der Waals surface area (Å²) in [6, 6.07) is 69.5. The van der Waals surface area contributed by atoms with Crippen LogP contribution in [0.25, 0.3) is 105 Å². The van der Waals surface area contributed by atoms with Gasteiger partial charge < -0.3 is 4.57 Å². The Morgan fingerprint density at radius 1 is 0.400 bits per heavy atom. The van der Waals surface area contributed by atoms with E-state index < -0.39 is 0 Å². The van der Waals surface area contributed by atoms with E-state index in [-0.39, 0.29) is 5.41 Å². The lowest BCUT2D eigenvalue weighted by Crippen LogP contribution is -2.17. The number of hydrogen-bond acceptors (Lipinski definition) is 3. The van der Waals surface area contributed by atoms with Gasteiger partial charge in [0.2, 0.25) is 0 Å². The van der Waals surface area contributed by atoms with Crippen molar-refractivity contribution in [1.82, 2.24) is 19.5 Å². The first-order chi connectivity index (χ1) is 29.5. The Balaban J connectivity index is 1.16. The molecular formula is C56H38N4. The average Bonchev–Trinajstić information content (AvgIpc) is 3.75. The molecule has 2 heterocycles. The molecule has 1 aliphatic rings. The van der Waals surface area contributed by atoms with Crippen molar-refractivity contribution < 1.29 is 0 Å². The number of rotatable bonds is 5. The van der Waals surface area contributed by atoms with Gasteiger partial charge in [0.1, 0.15) is 0 Å². The van der Waals surface area contributed by atoms with Crippen LogP contribution in [0.3, 0.4) is 0 Å². The zero-order valence-electron chi connectivity index (χ0n) is 33.3. The molecule has 4 heteroatoms. The summed E-state index contributed by atoms with van der Waals surface area (Å²) in [6.07, 6.45) is 0. The number of fused-ring (bicyclic) bond motifs is 8. The second-order valence-electron chi connectivity index (χ2n) is 16.4. The summed E-state index contributed by atoms with van der Waals surface area (Å²) in [6.45, 7) is 4.81. The molecule has 2 aromatic heterocycles. The van der Waals surface area contributed by atoms with E-state index in [1.807, 2.05) is 36.4 Å². The molecule has 12 rings (SSSR count). The molecule has 282 valence electrons. The number of para-hydroxylation sites is 1. The van der Waals surface area contributed by atoms with Gasteiger partial charge in [0.25, 0.3) is 0 Å². The van der Waals surface area contributed by atoms with Crippen molar-refractivity contribution in [3.8, 4) is 62.1 Å². The summed E-state index contributed by atoms with van der Waals surface area (Å²) < 4.78 is 2.52. The monoisotopic (exact) mass is 766 g/mol. The standard InChI is InChI=1S/C56H38N4/c1-56(2)47-33-39-25-13-12-24-38(39)32-44(47)45-34-46-42-28-16-17-29-48(42)60(52(46)50(51(45)56)35-18-6-3-7-19-35)49-31-30-43(40-26-14-15-27-41(40)49)55-58-53(36-20-8-4-9-21-36)57-54(59-55)37-22-10-5-11-23-37/h3-34H,1-2H3. The molecule has 0 unspecified atom stereocenters. The van der Waals surface area contributed by atoms with Crippen molar-refractivity contribution in [2.24, 2.45) is 0 Å². The molecule has 0 saturated carbocycles. The van der Waals surface area contributed by atoms with Crippen LogP contribution in [0.1, 0.15) is 25.0 Å². The van der Waals surface area contributed by atoms with E-state index in [9.17, 15) is 0 Å². The van der Waals surface area contributed by atoms with E-state index in [2.05, 4.69) is 176 Å². The highest BCUT2D eigenvalue weighted by Crippen LogP contribution is 2.56. The molecule has 11 aromatic rings. The van der Waals surface area contributed by atoms with Crippen LogP contribution in [0.4, 0.5) is 0 Å². The molecule has 0 bridgehead atoms. The Hall–Kier alpha value is -7.69. The van der Waals surface area contributed by atoms with Gasteiger partial charge in [-0.3, -0.25) is 0 Å². The lowest BCUT2D eigenvalue weighted by molar-refractivity contribution is 0.663. The van der Waals surface area contributed by atoms with Gasteiger partial charge in [0, 0.05) is 43.8 Å². The molecule has 0 amide bonds. The van der Waals surface area contributed by atoms with E-state index >= 15 is 0 Å². The summed E-state index contributed by atoms with van der Waals surface area (Å²) >= 11 is 0. The van der Waals surface area contributed by atoms with Gasteiger partial charge in [-0.15, -0.1) is 0 Å². The maximum absolute atomic E-state index is 5.16. The zero-order chi connectivity index (χ0) is 40.0. The highest BCUT2D eigenvalue weighted by atomic mass is 15.0. The average molecular weight is 767 g/mol. The van der Waals surface area contributed by atoms with Gasteiger partial charge in [-0.25, -0.2) is 15.0 Å². The molecule has 0 fully saturated rings. The molecule has 4 nitrogen and oxygen atoms in total. The van der Waals surface area contributed by atoms with Gasteiger partial charge in [0.15, 0.2) is 17.5 Å². The van der Waals surface area contributed by atoms with E-state index in [1.54, 1.807) is 0 Å². The minimum absolute atomic E-state index is 0.257. The number of nitrogens with zero attached hydrogens (tertiary/aromatic N) is 4. The van der Waals surface area contributed by atoms with Crippen molar-refractivity contribution in [3.63, 3.8) is 0 Å². The van der Waals surface area contributed by atoms with Gasteiger partial charge in [-0.2, -0.15) is 0 Å². The van der Waals surface area contributed by atoms with Crippen LogP contribution in [0.5, 0.6) is 0 Å². The maximum Gasteiger partial charge on any atom is 0.164 e. The topological polar surface area (TPSA) is 43.6 Å². The normalized spacial score (nSPS) is 13.0. The van der Waals surface area contributed by atoms with Crippen LogP contribution in [0.2, 0.25) is 0 Å². The Morgan fingerprint density at radius 2 is 0.933 bits per heavy atom. The Bertz CT molecular complexity index is 3440. The van der Waals surface area contributed by atoms with Crippen LogP contribution >= 0.6 is 0 Å². The third-order valence-electron chi connectivity index (χ3n) is 12.6. The minimum Gasteiger partial charge on any atom is -0.308 e. The fourth-order valence-corrected chi connectivity index (χ4v) is 9.84. The molecule has 0 aliphatic heterocycles. The zero-order valence-corrected chi connectivity index (χ0v) is 33.3. The predicted molar refractivity (Wildman–Crippen MR) is 248 cm³/mol.